The summed E-state index contributed by atoms with van der Waals surface area (Å²) in [7, 11) is 1.55. The third kappa shape index (κ3) is 4.55. The number of nitrogens with one attached hydrogen (secondary N) is 1. The van der Waals surface area contributed by atoms with Gasteiger partial charge >= 0.3 is 0 Å². The summed E-state index contributed by atoms with van der Waals surface area (Å²) in [6.07, 6.45) is 2.00. The van der Waals surface area contributed by atoms with Crippen molar-refractivity contribution in [2.75, 3.05) is 26.7 Å². The van der Waals surface area contributed by atoms with E-state index in [9.17, 15) is 9.59 Å². The first-order valence-corrected chi connectivity index (χ1v) is 8.31. The third-order valence-corrected chi connectivity index (χ3v) is 4.22. The van der Waals surface area contributed by atoms with E-state index >= 15 is 0 Å². The zero-order valence-corrected chi connectivity index (χ0v) is 14.0. The van der Waals surface area contributed by atoms with Crippen LogP contribution in [0.5, 0.6) is 0 Å². The molecule has 1 saturated heterocycles. The van der Waals surface area contributed by atoms with Crippen LogP contribution in [-0.2, 0) is 14.3 Å². The molecule has 2 unspecified atom stereocenters. The number of likely N-dealkylation sites (tertiary alicyclic amines) is 1. The van der Waals surface area contributed by atoms with Gasteiger partial charge in [-0.3, -0.25) is 9.59 Å². The van der Waals surface area contributed by atoms with E-state index in [1.54, 1.807) is 12.0 Å². The minimum atomic E-state index is -0.603. The molecule has 2 atom stereocenters. The molecule has 2 rings (SSSR count). The van der Waals surface area contributed by atoms with E-state index in [0.717, 1.165) is 24.8 Å². The fourth-order valence-electron chi connectivity index (χ4n) is 2.96. The van der Waals surface area contributed by atoms with Crippen LogP contribution >= 0.6 is 0 Å². The summed E-state index contributed by atoms with van der Waals surface area (Å²) < 4.78 is 5.42. The van der Waals surface area contributed by atoms with E-state index in [-0.39, 0.29) is 17.7 Å². The molecule has 0 aliphatic carbocycles. The maximum Gasteiger partial charge on any atom is 0.256 e. The van der Waals surface area contributed by atoms with Crippen LogP contribution in [0.3, 0.4) is 0 Å². The van der Waals surface area contributed by atoms with Gasteiger partial charge in [-0.2, -0.15) is 0 Å². The molecule has 0 aromatic heterocycles. The molecule has 2 amide bonds. The Balaban J connectivity index is 2.02. The number of carbonyl (C=O) groups excluding carboxylic acids is 2. The van der Waals surface area contributed by atoms with Crippen LogP contribution in [0.25, 0.3) is 0 Å². The van der Waals surface area contributed by atoms with Crippen LogP contribution in [-0.4, -0.2) is 43.5 Å². The van der Waals surface area contributed by atoms with Crippen molar-refractivity contribution in [3.8, 4) is 0 Å². The predicted molar refractivity (Wildman–Crippen MR) is 88.8 cm³/mol. The molecule has 5 nitrogen and oxygen atoms in total. The van der Waals surface area contributed by atoms with Crippen molar-refractivity contribution in [2.24, 2.45) is 5.92 Å². The summed E-state index contributed by atoms with van der Waals surface area (Å²) in [4.78, 5) is 26.7. The molecule has 23 heavy (non-hydrogen) atoms. The topological polar surface area (TPSA) is 58.6 Å². The molecule has 126 valence electrons. The summed E-state index contributed by atoms with van der Waals surface area (Å²) in [6.45, 7) is 3.87. The van der Waals surface area contributed by atoms with Gasteiger partial charge in [-0.05, 0) is 24.8 Å². The summed E-state index contributed by atoms with van der Waals surface area (Å²) in [6, 6.07) is 9.48. The van der Waals surface area contributed by atoms with E-state index in [0.29, 0.717) is 19.6 Å². The minimum Gasteiger partial charge on any atom is -0.367 e. The lowest BCUT2D eigenvalue weighted by Gasteiger charge is -2.34. The molecule has 0 radical (unpaired) electrons. The van der Waals surface area contributed by atoms with Crippen molar-refractivity contribution in [3.63, 3.8) is 0 Å². The molecule has 5 heteroatoms. The molecule has 1 aromatic rings. The molecule has 1 fully saturated rings. The van der Waals surface area contributed by atoms with E-state index < -0.39 is 6.10 Å². The van der Waals surface area contributed by atoms with Crippen LogP contribution in [0.1, 0.15) is 37.9 Å². The molecule has 1 aliphatic rings. The average Bonchev–Trinajstić information content (AvgIpc) is 2.61. The van der Waals surface area contributed by atoms with Gasteiger partial charge in [0.05, 0.1) is 5.92 Å². The summed E-state index contributed by atoms with van der Waals surface area (Å²) in [5.74, 6) is -0.128. The number of carbonyl (C=O) groups is 2. The van der Waals surface area contributed by atoms with Crippen LogP contribution in [0, 0.1) is 5.92 Å². The Morgan fingerprint density at radius 2 is 2.09 bits per heavy atom. The molecule has 1 aromatic carbocycles. The average molecular weight is 318 g/mol. The number of methoxy groups -OCH3 is 1. The summed E-state index contributed by atoms with van der Waals surface area (Å²) in [5.41, 5.74) is 0.845. The van der Waals surface area contributed by atoms with Crippen molar-refractivity contribution in [1.29, 1.82) is 0 Å². The van der Waals surface area contributed by atoms with Gasteiger partial charge in [-0.15, -0.1) is 0 Å². The highest BCUT2D eigenvalue weighted by molar-refractivity contribution is 5.84. The van der Waals surface area contributed by atoms with Gasteiger partial charge in [0, 0.05) is 26.7 Å². The van der Waals surface area contributed by atoms with Crippen molar-refractivity contribution < 1.29 is 14.3 Å². The van der Waals surface area contributed by atoms with Gasteiger partial charge in [-0.1, -0.05) is 37.3 Å². The first-order chi connectivity index (χ1) is 11.2. The lowest BCUT2D eigenvalue weighted by atomic mass is 9.96. The summed E-state index contributed by atoms with van der Waals surface area (Å²) >= 11 is 0. The Bertz CT molecular complexity index is 518. The Labute approximate surface area is 138 Å². The molecule has 1 N–H and O–H groups in total. The Kier molecular flexibility index (Phi) is 6.59. The molecule has 0 saturated carbocycles. The quantitative estimate of drug-likeness (QED) is 0.874. The zero-order valence-electron chi connectivity index (χ0n) is 14.0. The smallest absolute Gasteiger partial charge is 0.256 e. The second kappa shape index (κ2) is 8.67. The molecule has 1 aliphatic heterocycles. The van der Waals surface area contributed by atoms with Crippen molar-refractivity contribution in [3.05, 3.63) is 35.9 Å². The van der Waals surface area contributed by atoms with Gasteiger partial charge in [-0.25, -0.2) is 0 Å². The Morgan fingerprint density at radius 1 is 1.35 bits per heavy atom. The standard InChI is InChI=1S/C18H26N2O3/c1-3-11-19-17(21)15-10-7-12-20(13-15)18(22)16(23-2)14-8-5-4-6-9-14/h4-6,8-9,15-16H,3,7,10-13H2,1-2H3,(H,19,21). The first kappa shape index (κ1) is 17.5. The molecule has 0 spiro atoms. The fourth-order valence-corrected chi connectivity index (χ4v) is 2.96. The van der Waals surface area contributed by atoms with Gasteiger partial charge in [0.25, 0.3) is 5.91 Å². The minimum absolute atomic E-state index is 0.0537. The molecular formula is C18H26N2O3. The number of benzene rings is 1. The maximum absolute atomic E-state index is 12.8. The van der Waals surface area contributed by atoms with E-state index in [2.05, 4.69) is 5.32 Å². The Morgan fingerprint density at radius 3 is 2.74 bits per heavy atom. The van der Waals surface area contributed by atoms with Crippen LogP contribution in [0.4, 0.5) is 0 Å². The number of rotatable bonds is 6. The second-order valence-corrected chi connectivity index (χ2v) is 5.94. The highest BCUT2D eigenvalue weighted by Crippen LogP contribution is 2.23. The van der Waals surface area contributed by atoms with Gasteiger partial charge in [0.1, 0.15) is 0 Å². The normalized spacial score (nSPS) is 19.2. The maximum atomic E-state index is 12.8. The second-order valence-electron chi connectivity index (χ2n) is 5.94. The first-order valence-electron chi connectivity index (χ1n) is 8.31. The van der Waals surface area contributed by atoms with Crippen LogP contribution in [0.2, 0.25) is 0 Å². The van der Waals surface area contributed by atoms with E-state index in [1.165, 1.54) is 0 Å². The van der Waals surface area contributed by atoms with Gasteiger partial charge in [0.2, 0.25) is 5.91 Å². The molecule has 0 bridgehead atoms. The highest BCUT2D eigenvalue weighted by atomic mass is 16.5. The zero-order chi connectivity index (χ0) is 16.7. The number of nitrogens with zero attached hydrogens (tertiary/aromatic N) is 1. The van der Waals surface area contributed by atoms with Crippen LogP contribution < -0.4 is 5.32 Å². The highest BCUT2D eigenvalue weighted by Gasteiger charge is 2.32. The van der Waals surface area contributed by atoms with Crippen molar-refractivity contribution in [2.45, 2.75) is 32.3 Å². The number of piperidine rings is 1. The lowest BCUT2D eigenvalue weighted by molar-refractivity contribution is -0.145. The largest absolute Gasteiger partial charge is 0.367 e. The number of amides is 2. The Hall–Kier alpha value is -1.88. The van der Waals surface area contributed by atoms with E-state index in [4.69, 9.17) is 4.74 Å². The molecule has 1 heterocycles. The number of ether oxygens (including phenoxy) is 1. The number of hydrogen-bond acceptors (Lipinski definition) is 3. The lowest BCUT2D eigenvalue weighted by Crippen LogP contribution is -2.47. The predicted octanol–water partition coefficient (Wildman–Crippen LogP) is 2.14. The third-order valence-electron chi connectivity index (χ3n) is 4.22. The summed E-state index contributed by atoms with van der Waals surface area (Å²) in [5, 5.41) is 2.93. The molecular weight excluding hydrogens is 292 g/mol. The SMILES string of the molecule is CCCNC(=O)C1CCCN(C(=O)C(OC)c2ccccc2)C1. The van der Waals surface area contributed by atoms with E-state index in [1.807, 2.05) is 37.3 Å². The van der Waals surface area contributed by atoms with Gasteiger partial charge in [0.15, 0.2) is 6.10 Å². The monoisotopic (exact) mass is 318 g/mol. The number of hydrogen-bond donors (Lipinski definition) is 1. The van der Waals surface area contributed by atoms with Gasteiger partial charge < -0.3 is 15.0 Å². The van der Waals surface area contributed by atoms with Crippen molar-refractivity contribution in [1.82, 2.24) is 10.2 Å². The fraction of sp³-hybridized carbons (Fsp3) is 0.556. The van der Waals surface area contributed by atoms with Crippen molar-refractivity contribution >= 4 is 11.8 Å². The van der Waals surface area contributed by atoms with Crippen LogP contribution in [0.15, 0.2) is 30.3 Å².